The molecule has 0 spiro atoms. The first-order chi connectivity index (χ1) is 11.9. The summed E-state index contributed by atoms with van der Waals surface area (Å²) in [6, 6.07) is 14.6. The van der Waals surface area contributed by atoms with Gasteiger partial charge in [0.25, 0.3) is 0 Å². The zero-order valence-corrected chi connectivity index (χ0v) is 14.5. The molecule has 25 heavy (non-hydrogen) atoms. The Morgan fingerprint density at radius 3 is 2.28 bits per heavy atom. The van der Waals surface area contributed by atoms with Crippen LogP contribution in [0.25, 0.3) is 0 Å². The predicted molar refractivity (Wildman–Crippen MR) is 96.1 cm³/mol. The number of aliphatic hydroxyl groups excluding tert-OH is 1. The van der Waals surface area contributed by atoms with Crippen LogP contribution < -0.4 is 11.1 Å². The number of nitrogens with two attached hydrogens (primary N) is 1. The van der Waals surface area contributed by atoms with Crippen LogP contribution in [0, 0.1) is 11.7 Å². The molecule has 2 aromatic rings. The van der Waals surface area contributed by atoms with E-state index in [1.54, 1.807) is 19.1 Å². The smallest absolute Gasteiger partial charge is 0.224 e. The van der Waals surface area contributed by atoms with E-state index in [1.165, 1.54) is 12.1 Å². The van der Waals surface area contributed by atoms with Gasteiger partial charge in [-0.05, 0) is 36.6 Å². The van der Waals surface area contributed by atoms with E-state index in [2.05, 4.69) is 5.32 Å². The van der Waals surface area contributed by atoms with Gasteiger partial charge in [0.1, 0.15) is 5.82 Å². The van der Waals surface area contributed by atoms with Gasteiger partial charge in [0.2, 0.25) is 5.91 Å². The minimum atomic E-state index is -0.769. The van der Waals surface area contributed by atoms with E-state index in [4.69, 9.17) is 5.73 Å². The quantitative estimate of drug-likeness (QED) is 0.722. The number of nitrogens with one attached hydrogen (secondary N) is 1. The molecule has 0 saturated carbocycles. The van der Waals surface area contributed by atoms with E-state index in [0.29, 0.717) is 12.0 Å². The molecule has 2 aromatic carbocycles. The molecule has 1 amide bonds. The molecule has 0 heterocycles. The van der Waals surface area contributed by atoms with Crippen molar-refractivity contribution in [1.29, 1.82) is 0 Å². The van der Waals surface area contributed by atoms with E-state index < -0.39 is 18.1 Å². The molecule has 4 N–H and O–H groups in total. The van der Waals surface area contributed by atoms with Gasteiger partial charge in [-0.3, -0.25) is 4.79 Å². The van der Waals surface area contributed by atoms with Gasteiger partial charge in [0, 0.05) is 12.1 Å². The van der Waals surface area contributed by atoms with Gasteiger partial charge >= 0.3 is 0 Å². The highest BCUT2D eigenvalue weighted by atomic mass is 19.1. The van der Waals surface area contributed by atoms with Gasteiger partial charge in [0.05, 0.1) is 12.0 Å². The molecule has 0 aliphatic carbocycles. The van der Waals surface area contributed by atoms with Crippen molar-refractivity contribution in [1.82, 2.24) is 5.32 Å². The first-order valence-electron chi connectivity index (χ1n) is 8.43. The fourth-order valence-electron chi connectivity index (χ4n) is 2.72. The molecule has 0 aliphatic heterocycles. The minimum absolute atomic E-state index is 0.157. The van der Waals surface area contributed by atoms with E-state index in [0.717, 1.165) is 5.56 Å². The van der Waals surface area contributed by atoms with Gasteiger partial charge in [-0.2, -0.15) is 0 Å². The van der Waals surface area contributed by atoms with Crippen LogP contribution in [-0.4, -0.2) is 17.1 Å². The number of hydrogen-bond donors (Lipinski definition) is 3. The summed E-state index contributed by atoms with van der Waals surface area (Å²) >= 11 is 0. The van der Waals surface area contributed by atoms with Crippen molar-refractivity contribution < 1.29 is 14.3 Å². The van der Waals surface area contributed by atoms with E-state index in [9.17, 15) is 14.3 Å². The molecule has 0 radical (unpaired) electrons. The second kappa shape index (κ2) is 8.74. The molecule has 2 rings (SSSR count). The van der Waals surface area contributed by atoms with Crippen LogP contribution in [0.1, 0.15) is 43.5 Å². The van der Waals surface area contributed by atoms with Gasteiger partial charge in [-0.25, -0.2) is 4.39 Å². The van der Waals surface area contributed by atoms with Gasteiger partial charge in [-0.15, -0.1) is 0 Å². The Labute approximate surface area is 147 Å². The maximum Gasteiger partial charge on any atom is 0.224 e. The van der Waals surface area contributed by atoms with Crippen molar-refractivity contribution in [3.63, 3.8) is 0 Å². The van der Waals surface area contributed by atoms with E-state index >= 15 is 0 Å². The summed E-state index contributed by atoms with van der Waals surface area (Å²) < 4.78 is 12.9. The third kappa shape index (κ3) is 5.37. The Balaban J connectivity index is 1.89. The lowest BCUT2D eigenvalue weighted by Gasteiger charge is -2.23. The molecule has 0 saturated heterocycles. The zero-order chi connectivity index (χ0) is 18.4. The van der Waals surface area contributed by atoms with Crippen LogP contribution >= 0.6 is 0 Å². The molecule has 0 bridgehead atoms. The zero-order valence-electron chi connectivity index (χ0n) is 14.5. The Hall–Kier alpha value is -2.24. The SMILES string of the molecule is CC(CC(O)c1ccc(F)cc1)NC(=O)C(C)C(N)c1ccccc1. The summed E-state index contributed by atoms with van der Waals surface area (Å²) in [4.78, 5) is 12.4. The lowest BCUT2D eigenvalue weighted by molar-refractivity contribution is -0.125. The average molecular weight is 344 g/mol. The maximum absolute atomic E-state index is 12.9. The fraction of sp³-hybridized carbons (Fsp3) is 0.350. The molecule has 4 unspecified atom stereocenters. The second-order valence-corrected chi connectivity index (χ2v) is 6.44. The largest absolute Gasteiger partial charge is 0.388 e. The molecule has 0 aliphatic rings. The number of hydrogen-bond acceptors (Lipinski definition) is 3. The Morgan fingerprint density at radius 2 is 1.68 bits per heavy atom. The number of carbonyl (C=O) groups excluding carboxylic acids is 1. The van der Waals surface area contributed by atoms with Crippen molar-refractivity contribution >= 4 is 5.91 Å². The highest BCUT2D eigenvalue weighted by molar-refractivity contribution is 5.79. The van der Waals surface area contributed by atoms with Gasteiger partial charge in [0.15, 0.2) is 0 Å². The number of amides is 1. The summed E-state index contributed by atoms with van der Waals surface area (Å²) in [7, 11) is 0. The van der Waals surface area contributed by atoms with Crippen molar-refractivity contribution in [2.75, 3.05) is 0 Å². The Kier molecular flexibility index (Phi) is 6.67. The van der Waals surface area contributed by atoms with Crippen LogP contribution in [0.4, 0.5) is 4.39 Å². The Bertz CT molecular complexity index is 676. The van der Waals surface area contributed by atoms with E-state index in [-0.39, 0.29) is 17.8 Å². The van der Waals surface area contributed by atoms with E-state index in [1.807, 2.05) is 37.3 Å². The fourth-order valence-corrected chi connectivity index (χ4v) is 2.72. The summed E-state index contributed by atoms with van der Waals surface area (Å²) in [5.41, 5.74) is 7.70. The number of carbonyl (C=O) groups is 1. The third-order valence-corrected chi connectivity index (χ3v) is 4.36. The first-order valence-corrected chi connectivity index (χ1v) is 8.43. The van der Waals surface area contributed by atoms with Gasteiger partial charge in [-0.1, -0.05) is 49.4 Å². The van der Waals surface area contributed by atoms with Crippen molar-refractivity contribution in [3.05, 3.63) is 71.5 Å². The molecule has 4 nitrogen and oxygen atoms in total. The van der Waals surface area contributed by atoms with Crippen molar-refractivity contribution in [2.24, 2.45) is 11.7 Å². The third-order valence-electron chi connectivity index (χ3n) is 4.36. The summed E-state index contributed by atoms with van der Waals surface area (Å²) in [6.45, 7) is 3.61. The van der Waals surface area contributed by atoms with Gasteiger partial charge < -0.3 is 16.2 Å². The number of halogens is 1. The standard InChI is InChI=1S/C20H25FN2O2/c1-13(12-18(24)15-8-10-17(21)11-9-15)23-20(25)14(2)19(22)16-6-4-3-5-7-16/h3-11,13-14,18-19,24H,12,22H2,1-2H3,(H,23,25). The number of benzene rings is 2. The van der Waals surface area contributed by atoms with Crippen LogP contribution in [0.2, 0.25) is 0 Å². The molecular weight excluding hydrogens is 319 g/mol. The lowest BCUT2D eigenvalue weighted by atomic mass is 9.94. The molecule has 0 fully saturated rings. The second-order valence-electron chi connectivity index (χ2n) is 6.44. The highest BCUT2D eigenvalue weighted by Gasteiger charge is 2.24. The molecule has 4 atom stereocenters. The number of rotatable bonds is 7. The normalized spacial score (nSPS) is 15.9. The van der Waals surface area contributed by atoms with Crippen LogP contribution in [0.5, 0.6) is 0 Å². The van der Waals surface area contributed by atoms with Crippen molar-refractivity contribution in [3.8, 4) is 0 Å². The van der Waals surface area contributed by atoms with Crippen LogP contribution in [-0.2, 0) is 4.79 Å². The molecule has 5 heteroatoms. The lowest BCUT2D eigenvalue weighted by Crippen LogP contribution is -2.40. The Morgan fingerprint density at radius 1 is 1.08 bits per heavy atom. The van der Waals surface area contributed by atoms with Crippen LogP contribution in [0.15, 0.2) is 54.6 Å². The predicted octanol–water partition coefficient (Wildman–Crippen LogP) is 3.09. The summed E-state index contributed by atoms with van der Waals surface area (Å²) in [5, 5.41) is 13.1. The summed E-state index contributed by atoms with van der Waals surface area (Å²) in [6.07, 6.45) is -0.431. The maximum atomic E-state index is 12.9. The number of aliphatic hydroxyl groups is 1. The molecule has 0 aromatic heterocycles. The molecule has 134 valence electrons. The minimum Gasteiger partial charge on any atom is -0.388 e. The first kappa shape index (κ1) is 19.1. The highest BCUT2D eigenvalue weighted by Crippen LogP contribution is 2.21. The summed E-state index contributed by atoms with van der Waals surface area (Å²) in [5.74, 6) is -0.899. The average Bonchev–Trinajstić information content (AvgIpc) is 2.61. The topological polar surface area (TPSA) is 75.3 Å². The monoisotopic (exact) mass is 344 g/mol. The van der Waals surface area contributed by atoms with Crippen molar-refractivity contribution in [2.45, 2.75) is 38.5 Å². The molecular formula is C20H25FN2O2. The van der Waals surface area contributed by atoms with Crippen LogP contribution in [0.3, 0.4) is 0 Å².